The quantitative estimate of drug-likeness (QED) is 0.156. The average Bonchev–Trinajstić information content (AvgIpc) is 1.58. The molecule has 16 aromatic carbocycles. The van der Waals surface area contributed by atoms with E-state index in [2.05, 4.69) is 399 Å². The van der Waals surface area contributed by atoms with Gasteiger partial charge in [-0.3, -0.25) is 0 Å². The molecule has 0 fully saturated rings. The van der Waals surface area contributed by atoms with Gasteiger partial charge < -0.3 is 17.7 Å². The summed E-state index contributed by atoms with van der Waals surface area (Å²) < 4.78 is 52.2. The van der Waals surface area contributed by atoms with Crippen molar-refractivity contribution in [3.05, 3.63) is 360 Å². The molecule has 0 bridgehead atoms. The van der Waals surface area contributed by atoms with Crippen LogP contribution >= 0.6 is 0 Å². The lowest BCUT2D eigenvalue weighted by Gasteiger charge is -2.10. The van der Waals surface area contributed by atoms with E-state index in [-0.39, 0.29) is 5.92 Å². The third-order valence-corrected chi connectivity index (χ3v) is 26.3. The fourth-order valence-electron chi connectivity index (χ4n) is 20.1. The Balaban J connectivity index is 0.000000103. The Hall–Kier alpha value is -14.6. The zero-order valence-electron chi connectivity index (χ0n) is 74.4. The van der Waals surface area contributed by atoms with Crippen LogP contribution in [-0.4, -0.2) is 0 Å². The van der Waals surface area contributed by atoms with Gasteiger partial charge in [0.2, 0.25) is 39.3 Å². The van der Waals surface area contributed by atoms with E-state index in [1.807, 2.05) is 26.0 Å². The molecule has 0 aliphatic heterocycles. The predicted octanol–water partition coefficient (Wildman–Crippen LogP) is 29.2. The molecule has 124 heavy (non-hydrogen) atoms. The van der Waals surface area contributed by atoms with Gasteiger partial charge in [-0.25, -0.2) is 4.57 Å². The van der Waals surface area contributed by atoms with Crippen LogP contribution in [0.3, 0.4) is 0 Å². The minimum atomic E-state index is -1.38. The highest BCUT2D eigenvalue weighted by Crippen LogP contribution is 2.45. The maximum Gasteiger partial charge on any atom is 0.220 e. The average molecular weight is 1610 g/mol. The number of pyridine rings is 4. The molecule has 0 unspecified atom stereocenters. The summed E-state index contributed by atoms with van der Waals surface area (Å²) in [6, 6.07) is 107. The van der Waals surface area contributed by atoms with Crippen molar-refractivity contribution >= 4 is 174 Å². The number of furan rings is 4. The molecular formula is C116H96N4O4+4. The minimum Gasteiger partial charge on any atom is -0.455 e. The molecule has 0 radical (unpaired) electrons. The molecule has 8 aromatic heterocycles. The van der Waals surface area contributed by atoms with Gasteiger partial charge in [0.1, 0.15) is 72.9 Å². The number of fused-ring (bicyclic) bond motifs is 24. The smallest absolute Gasteiger partial charge is 0.220 e. The number of aromatic nitrogens is 4. The molecule has 0 amide bonds. The summed E-state index contributed by atoms with van der Waals surface area (Å²) in [4.78, 5) is 0. The van der Waals surface area contributed by atoms with Crippen molar-refractivity contribution in [2.45, 2.75) is 75.6 Å². The van der Waals surface area contributed by atoms with Crippen LogP contribution in [0.5, 0.6) is 0 Å². The predicted molar refractivity (Wildman–Crippen MR) is 518 cm³/mol. The fraction of sp³-hybridized carbons (Fsp3) is 0.138. The molecule has 24 rings (SSSR count). The molecule has 600 valence electrons. The molecule has 0 atom stereocenters. The highest BCUT2D eigenvalue weighted by atomic mass is 16.3. The highest BCUT2D eigenvalue weighted by molar-refractivity contribution is 6.20. The summed E-state index contributed by atoms with van der Waals surface area (Å²) in [5.41, 5.74) is 31.5. The second kappa shape index (κ2) is 30.2. The molecule has 8 nitrogen and oxygen atoms in total. The van der Waals surface area contributed by atoms with E-state index in [1.165, 1.54) is 175 Å². The van der Waals surface area contributed by atoms with Gasteiger partial charge in [-0.15, -0.1) is 0 Å². The van der Waals surface area contributed by atoms with Crippen LogP contribution < -0.4 is 18.3 Å². The molecule has 0 aliphatic rings. The van der Waals surface area contributed by atoms with Crippen molar-refractivity contribution in [1.82, 2.24) is 0 Å². The van der Waals surface area contributed by atoms with Gasteiger partial charge in [0.15, 0.2) is 6.20 Å². The Morgan fingerprint density at radius 2 is 0.581 bits per heavy atom. The number of para-hydroxylation sites is 1. The molecular weight excluding hydrogens is 1510 g/mol. The minimum absolute atomic E-state index is 0.104. The molecule has 0 saturated heterocycles. The molecule has 0 saturated carbocycles. The van der Waals surface area contributed by atoms with Crippen molar-refractivity contribution in [2.75, 3.05) is 0 Å². The lowest BCUT2D eigenvalue weighted by molar-refractivity contribution is -0.659. The first kappa shape index (κ1) is 74.5. The number of rotatable bonds is 6. The highest BCUT2D eigenvalue weighted by Gasteiger charge is 2.28. The maximum atomic E-state index is 8.54. The van der Waals surface area contributed by atoms with Gasteiger partial charge in [0, 0.05) is 137 Å². The largest absolute Gasteiger partial charge is 0.455 e. The van der Waals surface area contributed by atoms with Crippen LogP contribution in [0, 0.1) is 61.3 Å². The van der Waals surface area contributed by atoms with E-state index in [9.17, 15) is 0 Å². The molecule has 0 spiro atoms. The van der Waals surface area contributed by atoms with Crippen LogP contribution in [0.15, 0.2) is 327 Å². The van der Waals surface area contributed by atoms with E-state index >= 15 is 0 Å². The number of hydrogen-bond acceptors (Lipinski definition) is 4. The number of benzene rings is 16. The molecule has 24 aromatic rings. The van der Waals surface area contributed by atoms with E-state index in [4.69, 9.17) is 20.4 Å². The van der Waals surface area contributed by atoms with Crippen molar-refractivity contribution < 1.29 is 38.7 Å². The summed E-state index contributed by atoms with van der Waals surface area (Å²) in [6.45, 7) is 21.3. The third-order valence-electron chi connectivity index (χ3n) is 26.3. The van der Waals surface area contributed by atoms with E-state index < -0.39 is 6.37 Å². The van der Waals surface area contributed by atoms with Crippen LogP contribution in [0.1, 0.15) is 66.7 Å². The van der Waals surface area contributed by atoms with Gasteiger partial charge in [0.25, 0.3) is 0 Å². The summed E-state index contributed by atoms with van der Waals surface area (Å²) >= 11 is 0. The van der Waals surface area contributed by atoms with E-state index in [0.717, 1.165) is 94.0 Å². The topological polar surface area (TPSA) is 68.1 Å². The van der Waals surface area contributed by atoms with Crippen molar-refractivity contribution in [2.24, 2.45) is 34.1 Å². The van der Waals surface area contributed by atoms with Crippen LogP contribution in [0.25, 0.3) is 219 Å². The summed E-state index contributed by atoms with van der Waals surface area (Å²) in [5.74, 6) is -0.104. The van der Waals surface area contributed by atoms with Crippen LogP contribution in [-0.2, 0) is 34.6 Å². The molecule has 8 heteroatoms. The van der Waals surface area contributed by atoms with Gasteiger partial charge in [-0.2, -0.15) is 13.7 Å². The second-order valence-corrected chi connectivity index (χ2v) is 34.2. The Bertz CT molecular complexity index is 8460. The van der Waals surface area contributed by atoms with Crippen molar-refractivity contribution in [1.29, 1.82) is 0 Å². The molecule has 0 aliphatic carbocycles. The van der Waals surface area contributed by atoms with Crippen LogP contribution in [0.4, 0.5) is 0 Å². The molecule has 0 N–H and O–H groups in total. The Morgan fingerprint density at radius 3 is 0.992 bits per heavy atom. The van der Waals surface area contributed by atoms with Gasteiger partial charge >= 0.3 is 0 Å². The first-order chi connectivity index (χ1) is 61.1. The van der Waals surface area contributed by atoms with Crippen molar-refractivity contribution in [3.8, 4) is 45.0 Å². The SMILES string of the molecule is Cc1c(-c2cc(C)c3c(C)cccc3[n+]2C)ccc2c1oc1c3ccccc3ccc21.Cc1c(-c2cc(C)c3c(C)cccc3[n+]2C)ccc2c1oc1c3ccccc3ccc21.Cc1c(-c2ccc3ccccc3[n+]2C)ccc2c1oc1c3ccccc3ccc21.[2H]C([2H])(c1ccc2c(-c3ccc4c(oc5c6ccccc6ccc45)c3C)[n+](C)ccc2c1)C(C)C. The zero-order chi connectivity index (χ0) is 86.6. The van der Waals surface area contributed by atoms with Gasteiger partial charge in [0.05, 0.1) is 38.4 Å². The summed E-state index contributed by atoms with van der Waals surface area (Å²) in [5, 5.41) is 24.8. The summed E-state index contributed by atoms with van der Waals surface area (Å²) in [6.07, 6.45) is 0.681. The van der Waals surface area contributed by atoms with Gasteiger partial charge in [-0.05, 0) is 213 Å². The monoisotopic (exact) mass is 1610 g/mol. The normalized spacial score (nSPS) is 12.2. The van der Waals surface area contributed by atoms with Crippen molar-refractivity contribution in [3.63, 3.8) is 0 Å². The standard InChI is InChI=1S/C31H28NO.2C29H24NO.C27H20NO/c1-19(2)17-21-9-11-25-23(18-21)15-16-32(4)29(25)24-13-14-27-28-12-10-22-7-5-6-8-26(22)31(28)33-30(27)20(24)3;2*1-17-8-7-11-25-27(17)18(2)16-26(30(25)4)21-14-15-23-24-13-12-20-9-5-6-10-22(20)29(24)31-28(23)19(21)3;1-17-20(25-16-12-19-8-4-6-10-24(19)28(25)2)14-15-22-23-13-11-18-7-3-5-9-21(18)27(23)29-26(17)22/h5-16,18-19H,17H2,1-4H3;2*5-16H,1-4H3;3-16H,1-2H3/q4*+1/i17D2;;;. The summed E-state index contributed by atoms with van der Waals surface area (Å²) in [7, 11) is 8.51. The van der Waals surface area contributed by atoms with Gasteiger partial charge in [-0.1, -0.05) is 184 Å². The maximum absolute atomic E-state index is 8.54. The first-order valence-corrected chi connectivity index (χ1v) is 43.0. The molecule has 8 heterocycles. The lowest BCUT2D eigenvalue weighted by Crippen LogP contribution is -2.32. The first-order valence-electron chi connectivity index (χ1n) is 44.0. The van der Waals surface area contributed by atoms with Crippen LogP contribution in [0.2, 0.25) is 0 Å². The Kier molecular flexibility index (Phi) is 18.1. The Morgan fingerprint density at radius 1 is 0.258 bits per heavy atom. The number of aryl methyl sites for hydroxylation is 12. The number of nitrogens with zero attached hydrogens (tertiary/aromatic N) is 4. The zero-order valence-corrected chi connectivity index (χ0v) is 72.4. The number of hydrogen-bond donors (Lipinski definition) is 0. The van der Waals surface area contributed by atoms with E-state index in [1.54, 1.807) is 0 Å². The van der Waals surface area contributed by atoms with E-state index in [0.29, 0.717) is 0 Å². The second-order valence-electron chi connectivity index (χ2n) is 34.2. The lowest BCUT2D eigenvalue weighted by atomic mass is 9.95. The Labute approximate surface area is 722 Å². The third kappa shape index (κ3) is 12.5. The fourth-order valence-corrected chi connectivity index (χ4v) is 20.1.